The zero-order valence-electron chi connectivity index (χ0n) is 13.9. The highest BCUT2D eigenvalue weighted by Crippen LogP contribution is 2.37. The van der Waals surface area contributed by atoms with Crippen molar-refractivity contribution >= 4 is 11.7 Å². The van der Waals surface area contributed by atoms with Gasteiger partial charge in [0.05, 0.1) is 11.6 Å². The highest BCUT2D eigenvalue weighted by molar-refractivity contribution is 6.08. The molecule has 1 aromatic rings. The highest BCUT2D eigenvalue weighted by atomic mass is 16.3. The summed E-state index contributed by atoms with van der Waals surface area (Å²) in [4.78, 5) is 28.4. The first-order chi connectivity index (χ1) is 11.6. The number of Topliss-reactive ketones (excluding diaryl/α,β-unsaturated/α-hetero) is 1. The number of piperazine rings is 1. The van der Waals surface area contributed by atoms with E-state index in [1.807, 2.05) is 30.3 Å². The van der Waals surface area contributed by atoms with Gasteiger partial charge in [0, 0.05) is 39.3 Å². The van der Waals surface area contributed by atoms with Gasteiger partial charge in [0.25, 0.3) is 5.91 Å². The third-order valence-electron chi connectivity index (χ3n) is 4.67. The Labute approximate surface area is 141 Å². The Morgan fingerprint density at radius 2 is 1.88 bits per heavy atom. The lowest BCUT2D eigenvalue weighted by atomic mass is 9.97. The fraction of sp³-hybridized carbons (Fsp3) is 0.444. The van der Waals surface area contributed by atoms with Gasteiger partial charge in [0.15, 0.2) is 11.5 Å². The Kier molecular flexibility index (Phi) is 4.97. The molecule has 2 N–H and O–H groups in total. The maximum absolute atomic E-state index is 12.5. The van der Waals surface area contributed by atoms with E-state index in [9.17, 15) is 14.7 Å². The zero-order chi connectivity index (χ0) is 17.1. The van der Waals surface area contributed by atoms with Crippen LogP contribution in [0.4, 0.5) is 0 Å². The van der Waals surface area contributed by atoms with Crippen molar-refractivity contribution in [1.82, 2.24) is 15.1 Å². The Morgan fingerprint density at radius 1 is 1.21 bits per heavy atom. The van der Waals surface area contributed by atoms with E-state index >= 15 is 0 Å². The molecule has 3 rings (SSSR count). The monoisotopic (exact) mass is 329 g/mol. The van der Waals surface area contributed by atoms with Crippen LogP contribution < -0.4 is 5.32 Å². The van der Waals surface area contributed by atoms with Crippen LogP contribution in [0.3, 0.4) is 0 Å². The Hall–Kier alpha value is -2.18. The second kappa shape index (κ2) is 7.15. The average molecular weight is 329 g/mol. The minimum absolute atomic E-state index is 0.200. The number of rotatable bonds is 5. The summed E-state index contributed by atoms with van der Waals surface area (Å²) in [6.45, 7) is 6.38. The summed E-state index contributed by atoms with van der Waals surface area (Å²) in [7, 11) is 0. The van der Waals surface area contributed by atoms with Crippen LogP contribution >= 0.6 is 0 Å². The number of ketones is 1. The fourth-order valence-electron chi connectivity index (χ4n) is 3.41. The predicted molar refractivity (Wildman–Crippen MR) is 90.5 cm³/mol. The maximum Gasteiger partial charge on any atom is 0.290 e. The van der Waals surface area contributed by atoms with Gasteiger partial charge in [-0.2, -0.15) is 0 Å². The highest BCUT2D eigenvalue weighted by Gasteiger charge is 2.42. The number of hydrogen-bond donors (Lipinski definition) is 2. The molecule has 24 heavy (non-hydrogen) atoms. The summed E-state index contributed by atoms with van der Waals surface area (Å²) < 4.78 is 0. The fourth-order valence-corrected chi connectivity index (χ4v) is 3.41. The molecule has 1 fully saturated rings. The minimum atomic E-state index is -0.501. The van der Waals surface area contributed by atoms with Gasteiger partial charge in [-0.3, -0.25) is 14.5 Å². The van der Waals surface area contributed by atoms with Crippen LogP contribution in [-0.4, -0.2) is 65.9 Å². The second-order valence-electron chi connectivity index (χ2n) is 6.22. The standard InChI is InChI=1S/C18H23N3O3/c1-13(22)15-16(14-5-3-2-4-6-14)21(18(24)17(15)23)12-11-20-9-7-19-8-10-20/h2-6,16,19,23H,7-12H2,1H3/t16-/m0/s1. The molecule has 6 nitrogen and oxygen atoms in total. The number of amides is 1. The summed E-state index contributed by atoms with van der Waals surface area (Å²) in [6.07, 6.45) is 0. The summed E-state index contributed by atoms with van der Waals surface area (Å²) in [5.41, 5.74) is 1.05. The van der Waals surface area contributed by atoms with Crippen LogP contribution in [0.25, 0.3) is 0 Å². The average Bonchev–Trinajstić information content (AvgIpc) is 2.86. The third kappa shape index (κ3) is 3.20. The van der Waals surface area contributed by atoms with Crippen molar-refractivity contribution in [2.75, 3.05) is 39.3 Å². The van der Waals surface area contributed by atoms with Crippen molar-refractivity contribution < 1.29 is 14.7 Å². The van der Waals surface area contributed by atoms with Crippen LogP contribution in [-0.2, 0) is 9.59 Å². The van der Waals surface area contributed by atoms with Crippen molar-refractivity contribution in [3.63, 3.8) is 0 Å². The maximum atomic E-state index is 12.5. The molecule has 2 aliphatic rings. The van der Waals surface area contributed by atoms with Gasteiger partial charge in [-0.05, 0) is 12.5 Å². The quantitative estimate of drug-likeness (QED) is 0.839. The molecule has 6 heteroatoms. The summed E-state index contributed by atoms with van der Waals surface area (Å²) >= 11 is 0. The van der Waals surface area contributed by atoms with E-state index in [1.165, 1.54) is 6.92 Å². The molecule has 0 aliphatic carbocycles. The SMILES string of the molecule is CC(=O)C1=C(O)C(=O)N(CCN2CCNCC2)[C@H]1c1ccccc1. The largest absolute Gasteiger partial charge is 0.503 e. The molecule has 128 valence electrons. The molecule has 1 amide bonds. The molecule has 2 aliphatic heterocycles. The van der Waals surface area contributed by atoms with Crippen LogP contribution in [0.2, 0.25) is 0 Å². The number of nitrogens with one attached hydrogen (secondary N) is 1. The van der Waals surface area contributed by atoms with Crippen molar-refractivity contribution in [3.05, 3.63) is 47.2 Å². The summed E-state index contributed by atoms with van der Waals surface area (Å²) in [5, 5.41) is 13.5. The van der Waals surface area contributed by atoms with Crippen LogP contribution in [0, 0.1) is 0 Å². The summed E-state index contributed by atoms with van der Waals surface area (Å²) in [6, 6.07) is 8.92. The van der Waals surface area contributed by atoms with E-state index in [4.69, 9.17) is 0 Å². The molecule has 1 saturated heterocycles. The molecule has 2 heterocycles. The topological polar surface area (TPSA) is 72.9 Å². The van der Waals surface area contributed by atoms with Crippen molar-refractivity contribution in [1.29, 1.82) is 0 Å². The van der Waals surface area contributed by atoms with Crippen LogP contribution in [0.1, 0.15) is 18.5 Å². The smallest absolute Gasteiger partial charge is 0.290 e. The molecule has 0 unspecified atom stereocenters. The number of aliphatic hydroxyl groups is 1. The number of carbonyl (C=O) groups is 2. The zero-order valence-corrected chi connectivity index (χ0v) is 13.9. The lowest BCUT2D eigenvalue weighted by molar-refractivity contribution is -0.129. The molecule has 0 bridgehead atoms. The first-order valence-corrected chi connectivity index (χ1v) is 8.32. The summed E-state index contributed by atoms with van der Waals surface area (Å²) in [5.74, 6) is -1.12. The number of carbonyl (C=O) groups excluding carboxylic acids is 2. The number of hydrogen-bond acceptors (Lipinski definition) is 5. The molecule has 1 aromatic carbocycles. The van der Waals surface area contributed by atoms with Gasteiger partial charge in [0.2, 0.25) is 0 Å². The molecule has 0 aromatic heterocycles. The molecule has 0 spiro atoms. The van der Waals surface area contributed by atoms with Gasteiger partial charge in [-0.15, -0.1) is 0 Å². The van der Waals surface area contributed by atoms with Crippen LogP contribution in [0.5, 0.6) is 0 Å². The lowest BCUT2D eigenvalue weighted by Gasteiger charge is -2.32. The van der Waals surface area contributed by atoms with Crippen molar-refractivity contribution in [3.8, 4) is 0 Å². The van der Waals surface area contributed by atoms with Gasteiger partial charge in [-0.25, -0.2) is 0 Å². The van der Waals surface area contributed by atoms with Gasteiger partial charge < -0.3 is 15.3 Å². The molecular formula is C18H23N3O3. The Morgan fingerprint density at radius 3 is 2.50 bits per heavy atom. The van der Waals surface area contributed by atoms with E-state index in [0.717, 1.165) is 38.3 Å². The number of nitrogens with zero attached hydrogens (tertiary/aromatic N) is 2. The van der Waals surface area contributed by atoms with E-state index in [0.29, 0.717) is 6.54 Å². The lowest BCUT2D eigenvalue weighted by Crippen LogP contribution is -2.47. The van der Waals surface area contributed by atoms with E-state index in [-0.39, 0.29) is 11.4 Å². The number of benzene rings is 1. The van der Waals surface area contributed by atoms with E-state index in [1.54, 1.807) is 4.90 Å². The first kappa shape index (κ1) is 16.7. The predicted octanol–water partition coefficient (Wildman–Crippen LogP) is 0.876. The third-order valence-corrected chi connectivity index (χ3v) is 4.67. The molecule has 1 atom stereocenters. The normalized spacial score (nSPS) is 22.3. The Bertz CT molecular complexity index is 651. The first-order valence-electron chi connectivity index (χ1n) is 8.32. The second-order valence-corrected chi connectivity index (χ2v) is 6.22. The van der Waals surface area contributed by atoms with Crippen LogP contribution in [0.15, 0.2) is 41.7 Å². The number of aliphatic hydroxyl groups excluding tert-OH is 1. The minimum Gasteiger partial charge on any atom is -0.503 e. The Balaban J connectivity index is 1.83. The molecular weight excluding hydrogens is 306 g/mol. The van der Waals surface area contributed by atoms with Crippen molar-refractivity contribution in [2.45, 2.75) is 13.0 Å². The molecule has 0 radical (unpaired) electrons. The van der Waals surface area contributed by atoms with Gasteiger partial charge in [0.1, 0.15) is 0 Å². The van der Waals surface area contributed by atoms with E-state index < -0.39 is 17.7 Å². The molecule has 0 saturated carbocycles. The van der Waals surface area contributed by atoms with E-state index in [2.05, 4.69) is 10.2 Å². The van der Waals surface area contributed by atoms with Crippen molar-refractivity contribution in [2.24, 2.45) is 0 Å². The van der Waals surface area contributed by atoms with Gasteiger partial charge in [-0.1, -0.05) is 30.3 Å². The van der Waals surface area contributed by atoms with Gasteiger partial charge >= 0.3 is 0 Å².